The molecule has 3 N–H and O–H groups in total. The molecule has 0 aliphatic heterocycles. The monoisotopic (exact) mass is 197 g/mol. The third kappa shape index (κ3) is 4.24. The Hall–Kier alpha value is -1.08. The van der Waals surface area contributed by atoms with E-state index in [4.69, 9.17) is 11.0 Å². The number of nitrogens with one attached hydrogen (secondary N) is 1. The lowest BCUT2D eigenvalue weighted by atomic mass is 9.87. The molecular formula is C10H19N3O. The molecule has 0 aliphatic rings. The minimum atomic E-state index is -0.538. The third-order valence-electron chi connectivity index (χ3n) is 2.00. The van der Waals surface area contributed by atoms with Crippen LogP contribution in [0, 0.1) is 16.7 Å². The van der Waals surface area contributed by atoms with Gasteiger partial charge in [-0.05, 0) is 12.3 Å². The molecule has 0 fully saturated rings. The van der Waals surface area contributed by atoms with E-state index in [1.54, 1.807) is 6.92 Å². The Morgan fingerprint density at radius 2 is 2.07 bits per heavy atom. The van der Waals surface area contributed by atoms with E-state index in [0.717, 1.165) is 0 Å². The first-order valence-electron chi connectivity index (χ1n) is 4.72. The van der Waals surface area contributed by atoms with Crippen molar-refractivity contribution < 1.29 is 4.79 Å². The van der Waals surface area contributed by atoms with Crippen molar-refractivity contribution in [1.29, 1.82) is 5.26 Å². The van der Waals surface area contributed by atoms with Gasteiger partial charge in [0, 0.05) is 6.04 Å². The van der Waals surface area contributed by atoms with E-state index in [-0.39, 0.29) is 17.4 Å². The van der Waals surface area contributed by atoms with Gasteiger partial charge in [-0.15, -0.1) is 0 Å². The molecule has 0 aromatic carbocycles. The molecular weight excluding hydrogens is 178 g/mol. The zero-order valence-electron chi connectivity index (χ0n) is 9.29. The van der Waals surface area contributed by atoms with Crippen LogP contribution in [0.25, 0.3) is 0 Å². The summed E-state index contributed by atoms with van der Waals surface area (Å²) in [6.07, 6.45) is 0.308. The summed E-state index contributed by atoms with van der Waals surface area (Å²) in [5.74, 6) is -0.194. The van der Waals surface area contributed by atoms with Crippen molar-refractivity contribution in [3.8, 4) is 6.07 Å². The van der Waals surface area contributed by atoms with Gasteiger partial charge in [0.25, 0.3) is 0 Å². The maximum Gasteiger partial charge on any atom is 0.237 e. The summed E-state index contributed by atoms with van der Waals surface area (Å²) < 4.78 is 0. The van der Waals surface area contributed by atoms with Crippen molar-refractivity contribution in [3.05, 3.63) is 0 Å². The number of carbonyl (C=O) groups excluding carboxylic acids is 1. The summed E-state index contributed by atoms with van der Waals surface area (Å²) in [7, 11) is 0. The smallest absolute Gasteiger partial charge is 0.237 e. The first kappa shape index (κ1) is 12.9. The fraction of sp³-hybridized carbons (Fsp3) is 0.800. The number of rotatable bonds is 3. The van der Waals surface area contributed by atoms with E-state index >= 15 is 0 Å². The quantitative estimate of drug-likeness (QED) is 0.701. The highest BCUT2D eigenvalue weighted by atomic mass is 16.2. The van der Waals surface area contributed by atoms with Gasteiger partial charge in [0.15, 0.2) is 0 Å². The highest BCUT2D eigenvalue weighted by molar-refractivity contribution is 5.82. The standard InChI is InChI=1S/C10H19N3O/c1-7(5-6-11)13-9(14)8(12)10(2,3)4/h7-8H,5,12H2,1-4H3,(H,13,14)/t7?,8-/m1/s1. The van der Waals surface area contributed by atoms with Gasteiger partial charge >= 0.3 is 0 Å². The molecule has 4 heteroatoms. The van der Waals surface area contributed by atoms with Crippen LogP contribution in [0.1, 0.15) is 34.1 Å². The maximum absolute atomic E-state index is 11.5. The van der Waals surface area contributed by atoms with E-state index in [1.807, 2.05) is 26.8 Å². The number of hydrogen-bond donors (Lipinski definition) is 2. The van der Waals surface area contributed by atoms with Crippen molar-refractivity contribution >= 4 is 5.91 Å². The summed E-state index contributed by atoms with van der Waals surface area (Å²) in [5.41, 5.74) is 5.49. The second-order valence-corrected chi connectivity index (χ2v) is 4.62. The third-order valence-corrected chi connectivity index (χ3v) is 2.00. The van der Waals surface area contributed by atoms with Crippen LogP contribution in [0.15, 0.2) is 0 Å². The van der Waals surface area contributed by atoms with Crippen molar-refractivity contribution in [2.45, 2.75) is 46.2 Å². The molecule has 4 nitrogen and oxygen atoms in total. The van der Waals surface area contributed by atoms with Gasteiger partial charge in [-0.3, -0.25) is 4.79 Å². The Morgan fingerprint density at radius 3 is 2.43 bits per heavy atom. The van der Waals surface area contributed by atoms with E-state index in [1.165, 1.54) is 0 Å². The summed E-state index contributed by atoms with van der Waals surface area (Å²) in [6, 6.07) is 1.32. The highest BCUT2D eigenvalue weighted by Crippen LogP contribution is 2.17. The molecule has 0 spiro atoms. The van der Waals surface area contributed by atoms with Crippen LogP contribution < -0.4 is 11.1 Å². The second-order valence-electron chi connectivity index (χ2n) is 4.62. The molecule has 0 aromatic rings. The Kier molecular flexibility index (Phi) is 4.58. The van der Waals surface area contributed by atoms with Crippen LogP contribution in [0.2, 0.25) is 0 Å². The maximum atomic E-state index is 11.5. The molecule has 1 amide bonds. The number of nitriles is 1. The summed E-state index contributed by atoms with van der Waals surface area (Å²) >= 11 is 0. The summed E-state index contributed by atoms with van der Waals surface area (Å²) in [5, 5.41) is 11.1. The molecule has 0 heterocycles. The molecule has 14 heavy (non-hydrogen) atoms. The van der Waals surface area contributed by atoms with Gasteiger partial charge in [-0.1, -0.05) is 20.8 Å². The number of hydrogen-bond acceptors (Lipinski definition) is 3. The van der Waals surface area contributed by atoms with Crippen LogP contribution >= 0.6 is 0 Å². The van der Waals surface area contributed by atoms with Gasteiger partial charge in [-0.2, -0.15) is 5.26 Å². The summed E-state index contributed by atoms with van der Waals surface area (Å²) in [6.45, 7) is 7.51. The van der Waals surface area contributed by atoms with Crippen molar-refractivity contribution in [2.24, 2.45) is 11.1 Å². The summed E-state index contributed by atoms with van der Waals surface area (Å²) in [4.78, 5) is 11.5. The molecule has 0 radical (unpaired) electrons. The van der Waals surface area contributed by atoms with E-state index in [9.17, 15) is 4.79 Å². The topological polar surface area (TPSA) is 78.9 Å². The molecule has 0 saturated heterocycles. The minimum Gasteiger partial charge on any atom is -0.351 e. The van der Waals surface area contributed by atoms with Crippen molar-refractivity contribution in [2.75, 3.05) is 0 Å². The Labute approximate surface area is 85.5 Å². The van der Waals surface area contributed by atoms with Gasteiger partial charge in [-0.25, -0.2) is 0 Å². The van der Waals surface area contributed by atoms with E-state index in [2.05, 4.69) is 5.32 Å². The van der Waals surface area contributed by atoms with Crippen LogP contribution in [0.5, 0.6) is 0 Å². The number of carbonyl (C=O) groups is 1. The predicted molar refractivity (Wildman–Crippen MR) is 55.3 cm³/mol. The fourth-order valence-electron chi connectivity index (χ4n) is 0.914. The first-order valence-corrected chi connectivity index (χ1v) is 4.72. The lowest BCUT2D eigenvalue weighted by Gasteiger charge is -2.26. The normalized spacial score (nSPS) is 15.4. The first-order chi connectivity index (χ1) is 6.29. The molecule has 0 rings (SSSR count). The molecule has 1 unspecified atom stereocenters. The molecule has 0 saturated carbocycles. The van der Waals surface area contributed by atoms with Crippen LogP contribution in [-0.4, -0.2) is 18.0 Å². The Bertz CT molecular complexity index is 237. The highest BCUT2D eigenvalue weighted by Gasteiger charge is 2.27. The van der Waals surface area contributed by atoms with Crippen molar-refractivity contribution in [1.82, 2.24) is 5.32 Å². The van der Waals surface area contributed by atoms with E-state index in [0.29, 0.717) is 6.42 Å². The van der Waals surface area contributed by atoms with Crippen LogP contribution in [0.3, 0.4) is 0 Å². The lowest BCUT2D eigenvalue weighted by molar-refractivity contribution is -0.125. The van der Waals surface area contributed by atoms with Gasteiger partial charge in [0.05, 0.1) is 18.5 Å². The molecule has 2 atom stereocenters. The van der Waals surface area contributed by atoms with Gasteiger partial charge in [0.2, 0.25) is 5.91 Å². The number of nitrogens with two attached hydrogens (primary N) is 1. The molecule has 0 aliphatic carbocycles. The Balaban J connectivity index is 4.17. The molecule has 0 bridgehead atoms. The molecule has 80 valence electrons. The molecule has 0 aromatic heterocycles. The predicted octanol–water partition coefficient (Wildman–Crippen LogP) is 0.778. The largest absolute Gasteiger partial charge is 0.351 e. The van der Waals surface area contributed by atoms with Gasteiger partial charge < -0.3 is 11.1 Å². The average Bonchev–Trinajstić information content (AvgIpc) is 2.01. The fourth-order valence-corrected chi connectivity index (χ4v) is 0.914. The SMILES string of the molecule is CC(CC#N)NC(=O)[C@@H](N)C(C)(C)C. The van der Waals surface area contributed by atoms with Gasteiger partial charge in [0.1, 0.15) is 0 Å². The zero-order chi connectivity index (χ0) is 11.4. The lowest BCUT2D eigenvalue weighted by Crippen LogP contribution is -2.50. The zero-order valence-corrected chi connectivity index (χ0v) is 9.29. The Morgan fingerprint density at radius 1 is 1.57 bits per heavy atom. The van der Waals surface area contributed by atoms with Crippen LogP contribution in [0.4, 0.5) is 0 Å². The minimum absolute atomic E-state index is 0.138. The second kappa shape index (κ2) is 4.97. The number of nitrogens with zero attached hydrogens (tertiary/aromatic N) is 1. The van der Waals surface area contributed by atoms with Crippen molar-refractivity contribution in [3.63, 3.8) is 0 Å². The van der Waals surface area contributed by atoms with Crippen LogP contribution in [-0.2, 0) is 4.79 Å². The van der Waals surface area contributed by atoms with E-state index < -0.39 is 6.04 Å². The average molecular weight is 197 g/mol. The number of amides is 1.